The molecule has 3 N–H and O–H groups in total. The molecule has 0 aliphatic carbocycles. The highest BCUT2D eigenvalue weighted by molar-refractivity contribution is 7.89. The number of carbonyl (C=O) groups is 1. The van der Waals surface area contributed by atoms with Crippen LogP contribution in [0.3, 0.4) is 0 Å². The number of carbonyl (C=O) groups excluding carboxylic acids is 1. The fraction of sp³-hybridized carbons (Fsp3) is 0.611. The van der Waals surface area contributed by atoms with Gasteiger partial charge in [0.2, 0.25) is 15.9 Å². The Morgan fingerprint density at radius 2 is 1.73 bits per heavy atom. The second kappa shape index (κ2) is 8.47. The maximum atomic E-state index is 12.6. The number of rotatable bonds is 5. The van der Waals surface area contributed by atoms with Gasteiger partial charge >= 0.3 is 0 Å². The monoisotopic (exact) mass is 381 g/mol. The van der Waals surface area contributed by atoms with Crippen LogP contribution < -0.4 is 10.5 Å². The summed E-state index contributed by atoms with van der Waals surface area (Å²) in [5, 5.41) is 0. The summed E-state index contributed by atoms with van der Waals surface area (Å²) in [7, 11) is -3.52. The number of likely N-dealkylation sites (tertiary alicyclic amines) is 1. The van der Waals surface area contributed by atoms with E-state index < -0.39 is 16.1 Å². The Balaban J connectivity index is 1.51. The molecule has 2 aliphatic rings. The topological polar surface area (TPSA) is 102 Å². The summed E-state index contributed by atoms with van der Waals surface area (Å²) in [5.41, 5.74) is 6.18. The van der Waals surface area contributed by atoms with Crippen molar-refractivity contribution >= 4 is 15.9 Å². The van der Waals surface area contributed by atoms with Gasteiger partial charge in [-0.25, -0.2) is 13.1 Å². The third kappa shape index (κ3) is 4.62. The molecule has 2 fully saturated rings. The zero-order chi connectivity index (χ0) is 18.6. The van der Waals surface area contributed by atoms with E-state index in [0.717, 1.165) is 12.8 Å². The average molecular weight is 381 g/mol. The van der Waals surface area contributed by atoms with Crippen molar-refractivity contribution in [2.75, 3.05) is 26.3 Å². The van der Waals surface area contributed by atoms with Crippen molar-refractivity contribution < 1.29 is 17.9 Å². The zero-order valence-electron chi connectivity index (χ0n) is 14.8. The molecular weight excluding hydrogens is 354 g/mol. The second-order valence-electron chi connectivity index (χ2n) is 7.01. The number of nitrogens with zero attached hydrogens (tertiary/aromatic N) is 1. The third-order valence-electron chi connectivity index (χ3n) is 5.24. The largest absolute Gasteiger partial charge is 0.381 e. The molecule has 2 aliphatic heterocycles. The summed E-state index contributed by atoms with van der Waals surface area (Å²) in [5.74, 6) is 0.145. The minimum Gasteiger partial charge on any atom is -0.381 e. The minimum absolute atomic E-state index is 0.0266. The van der Waals surface area contributed by atoms with E-state index in [1.807, 2.05) is 0 Å². The van der Waals surface area contributed by atoms with Gasteiger partial charge < -0.3 is 15.4 Å². The predicted octanol–water partition coefficient (Wildman–Crippen LogP) is 0.710. The van der Waals surface area contributed by atoms with Crippen LogP contribution in [0, 0.1) is 5.92 Å². The van der Waals surface area contributed by atoms with Crippen LogP contribution in [0.25, 0.3) is 0 Å². The summed E-state index contributed by atoms with van der Waals surface area (Å²) >= 11 is 0. The van der Waals surface area contributed by atoms with Gasteiger partial charge in [-0.3, -0.25) is 4.79 Å². The number of piperidine rings is 1. The Morgan fingerprint density at radius 1 is 1.12 bits per heavy atom. The molecule has 26 heavy (non-hydrogen) atoms. The van der Waals surface area contributed by atoms with Crippen molar-refractivity contribution in [3.63, 3.8) is 0 Å². The first-order chi connectivity index (χ1) is 12.5. The van der Waals surface area contributed by atoms with E-state index in [4.69, 9.17) is 10.5 Å². The van der Waals surface area contributed by atoms with Crippen LogP contribution in [0.2, 0.25) is 0 Å². The maximum Gasteiger partial charge on any atom is 0.240 e. The van der Waals surface area contributed by atoms with E-state index in [9.17, 15) is 13.2 Å². The number of hydrogen-bond donors (Lipinski definition) is 2. The summed E-state index contributed by atoms with van der Waals surface area (Å²) in [6.45, 7) is 2.37. The lowest BCUT2D eigenvalue weighted by Crippen LogP contribution is -2.53. The molecule has 8 heteroatoms. The van der Waals surface area contributed by atoms with Crippen molar-refractivity contribution in [1.29, 1.82) is 0 Å². The average Bonchev–Trinajstić information content (AvgIpc) is 2.68. The first-order valence-electron chi connectivity index (χ1n) is 9.17. The first kappa shape index (κ1) is 19.3. The summed E-state index contributed by atoms with van der Waals surface area (Å²) in [6.07, 6.45) is 2.83. The van der Waals surface area contributed by atoms with Crippen molar-refractivity contribution in [1.82, 2.24) is 9.62 Å². The van der Waals surface area contributed by atoms with Gasteiger partial charge in [0.1, 0.15) is 0 Å². The van der Waals surface area contributed by atoms with E-state index in [1.165, 1.54) is 0 Å². The molecule has 2 saturated heterocycles. The molecule has 0 radical (unpaired) electrons. The molecule has 3 rings (SSSR count). The lowest BCUT2D eigenvalue weighted by atomic mass is 9.91. The lowest BCUT2D eigenvalue weighted by Gasteiger charge is -2.36. The zero-order valence-corrected chi connectivity index (χ0v) is 15.7. The Bertz CT molecular complexity index is 696. The molecular formula is C18H27N3O4S. The van der Waals surface area contributed by atoms with Crippen molar-refractivity contribution in [2.24, 2.45) is 11.7 Å². The Labute approximate surface area is 154 Å². The number of nitrogens with one attached hydrogen (secondary N) is 1. The van der Waals surface area contributed by atoms with Gasteiger partial charge in [-0.05, 0) is 43.7 Å². The first-order valence-corrected chi connectivity index (χ1v) is 10.6. The number of amides is 1. The van der Waals surface area contributed by atoms with Gasteiger partial charge in [0.05, 0.1) is 10.9 Å². The Hall–Kier alpha value is -1.48. The number of nitrogens with two attached hydrogens (primary N) is 1. The van der Waals surface area contributed by atoms with Crippen LogP contribution >= 0.6 is 0 Å². The fourth-order valence-corrected chi connectivity index (χ4v) is 4.92. The van der Waals surface area contributed by atoms with Crippen LogP contribution in [0.4, 0.5) is 0 Å². The Kier molecular flexibility index (Phi) is 6.29. The Morgan fingerprint density at radius 3 is 2.35 bits per heavy atom. The standard InChI is InChI=1S/C18H27N3O4S/c19-17(14-8-12-25-13-9-14)18(22)21-10-6-15(7-11-21)20-26(23,24)16-4-2-1-3-5-16/h1-5,14-15,17,20H,6-13,19H2. The molecule has 144 valence electrons. The molecule has 1 aromatic carbocycles. The van der Waals surface area contributed by atoms with E-state index in [-0.39, 0.29) is 22.8 Å². The molecule has 7 nitrogen and oxygen atoms in total. The maximum absolute atomic E-state index is 12.6. The van der Waals surface area contributed by atoms with E-state index in [1.54, 1.807) is 35.2 Å². The summed E-state index contributed by atoms with van der Waals surface area (Å²) in [6, 6.07) is 7.69. The molecule has 1 atom stereocenters. The highest BCUT2D eigenvalue weighted by atomic mass is 32.2. The van der Waals surface area contributed by atoms with Crippen LogP contribution in [-0.2, 0) is 19.6 Å². The second-order valence-corrected chi connectivity index (χ2v) is 8.72. The molecule has 0 aromatic heterocycles. The highest BCUT2D eigenvalue weighted by Crippen LogP contribution is 2.21. The van der Waals surface area contributed by atoms with Gasteiger partial charge in [-0.2, -0.15) is 0 Å². The molecule has 2 heterocycles. The van der Waals surface area contributed by atoms with E-state index in [0.29, 0.717) is 39.1 Å². The van der Waals surface area contributed by atoms with Gasteiger partial charge in [0, 0.05) is 32.3 Å². The van der Waals surface area contributed by atoms with Crippen LogP contribution in [-0.4, -0.2) is 57.6 Å². The smallest absolute Gasteiger partial charge is 0.240 e. The van der Waals surface area contributed by atoms with E-state index >= 15 is 0 Å². The van der Waals surface area contributed by atoms with Crippen molar-refractivity contribution in [3.05, 3.63) is 30.3 Å². The number of ether oxygens (including phenoxy) is 1. The third-order valence-corrected chi connectivity index (χ3v) is 6.78. The quantitative estimate of drug-likeness (QED) is 0.782. The molecule has 0 spiro atoms. The normalized spacial score (nSPS) is 21.5. The molecule has 1 unspecified atom stereocenters. The molecule has 1 amide bonds. The predicted molar refractivity (Wildman–Crippen MR) is 97.9 cm³/mol. The lowest BCUT2D eigenvalue weighted by molar-refractivity contribution is -0.135. The SMILES string of the molecule is NC(C(=O)N1CCC(NS(=O)(=O)c2ccccc2)CC1)C1CCOCC1. The van der Waals surface area contributed by atoms with E-state index in [2.05, 4.69) is 4.72 Å². The van der Waals surface area contributed by atoms with Crippen LogP contribution in [0.15, 0.2) is 35.2 Å². The molecule has 0 saturated carbocycles. The fourth-order valence-electron chi connectivity index (χ4n) is 3.59. The number of benzene rings is 1. The van der Waals surface area contributed by atoms with Crippen LogP contribution in [0.1, 0.15) is 25.7 Å². The molecule has 1 aromatic rings. The summed E-state index contributed by atoms with van der Waals surface area (Å²) in [4.78, 5) is 14.7. The van der Waals surface area contributed by atoms with Gasteiger partial charge in [-0.1, -0.05) is 18.2 Å². The van der Waals surface area contributed by atoms with Gasteiger partial charge in [0.25, 0.3) is 0 Å². The van der Waals surface area contributed by atoms with Gasteiger partial charge in [-0.15, -0.1) is 0 Å². The molecule has 0 bridgehead atoms. The van der Waals surface area contributed by atoms with Crippen LogP contribution in [0.5, 0.6) is 0 Å². The summed E-state index contributed by atoms with van der Waals surface area (Å²) < 4.78 is 32.9. The van der Waals surface area contributed by atoms with Gasteiger partial charge in [0.15, 0.2) is 0 Å². The number of hydrogen-bond acceptors (Lipinski definition) is 5. The highest BCUT2D eigenvalue weighted by Gasteiger charge is 2.32. The van der Waals surface area contributed by atoms with Crippen molar-refractivity contribution in [3.8, 4) is 0 Å². The minimum atomic E-state index is -3.52. The van der Waals surface area contributed by atoms with Crippen molar-refractivity contribution in [2.45, 2.75) is 42.7 Å². The number of sulfonamides is 1.